The van der Waals surface area contributed by atoms with Gasteiger partial charge < -0.3 is 24.8 Å². The van der Waals surface area contributed by atoms with Crippen molar-refractivity contribution in [2.45, 2.75) is 13.0 Å². The summed E-state index contributed by atoms with van der Waals surface area (Å²) >= 11 is 0. The molecule has 0 spiro atoms. The third-order valence-electron chi connectivity index (χ3n) is 3.48. The molecule has 1 aromatic rings. The lowest BCUT2D eigenvalue weighted by atomic mass is 10.2. The van der Waals surface area contributed by atoms with Gasteiger partial charge in [0.1, 0.15) is 5.75 Å². The number of ether oxygens (including phenoxy) is 3. The number of nitrogens with zero attached hydrogens (tertiary/aromatic N) is 2. The lowest BCUT2D eigenvalue weighted by molar-refractivity contribution is 0.0673. The number of halogens is 1. The molecule has 0 atom stereocenters. The molecule has 23 heavy (non-hydrogen) atoms. The zero-order valence-corrected chi connectivity index (χ0v) is 15.9. The van der Waals surface area contributed by atoms with Crippen LogP contribution in [0.15, 0.2) is 29.3 Å². The molecule has 0 radical (unpaired) electrons. The zero-order chi connectivity index (χ0) is 15.6. The van der Waals surface area contributed by atoms with E-state index in [1.165, 1.54) is 0 Å². The predicted octanol–water partition coefficient (Wildman–Crippen LogP) is 1.87. The Morgan fingerprint density at radius 1 is 1.26 bits per heavy atom. The second-order valence-electron chi connectivity index (χ2n) is 5.09. The number of nitrogens with two attached hydrogens (primary N) is 1. The SMILES string of the molecule is COc1ccc(COCCCN=C(N)N2CCOCC2)cc1.I. The monoisotopic (exact) mass is 435 g/mol. The maximum Gasteiger partial charge on any atom is 0.191 e. The molecule has 0 bridgehead atoms. The molecule has 1 aliphatic heterocycles. The summed E-state index contributed by atoms with van der Waals surface area (Å²) in [5, 5.41) is 0. The molecule has 0 aliphatic carbocycles. The summed E-state index contributed by atoms with van der Waals surface area (Å²) in [5.74, 6) is 1.47. The van der Waals surface area contributed by atoms with Gasteiger partial charge in [-0.1, -0.05) is 12.1 Å². The zero-order valence-electron chi connectivity index (χ0n) is 13.6. The van der Waals surface area contributed by atoms with Crippen LogP contribution in [0.5, 0.6) is 5.75 Å². The molecule has 6 nitrogen and oxygen atoms in total. The summed E-state index contributed by atoms with van der Waals surface area (Å²) in [5.41, 5.74) is 7.09. The van der Waals surface area contributed by atoms with Gasteiger partial charge in [-0.2, -0.15) is 0 Å². The van der Waals surface area contributed by atoms with Crippen LogP contribution in [0.1, 0.15) is 12.0 Å². The Kier molecular flexibility index (Phi) is 9.97. The fourth-order valence-electron chi connectivity index (χ4n) is 2.16. The van der Waals surface area contributed by atoms with E-state index in [4.69, 9.17) is 19.9 Å². The fraction of sp³-hybridized carbons (Fsp3) is 0.562. The third-order valence-corrected chi connectivity index (χ3v) is 3.48. The van der Waals surface area contributed by atoms with Gasteiger partial charge in [-0.3, -0.25) is 4.99 Å². The molecule has 0 aromatic heterocycles. The minimum atomic E-state index is 0. The Balaban J connectivity index is 0.00000264. The van der Waals surface area contributed by atoms with Crippen LogP contribution in [-0.2, 0) is 16.1 Å². The Labute approximate surface area is 155 Å². The van der Waals surface area contributed by atoms with Crippen molar-refractivity contribution >= 4 is 29.9 Å². The van der Waals surface area contributed by atoms with E-state index in [2.05, 4.69) is 9.89 Å². The second kappa shape index (κ2) is 11.5. The van der Waals surface area contributed by atoms with E-state index in [9.17, 15) is 0 Å². The van der Waals surface area contributed by atoms with E-state index in [1.807, 2.05) is 24.3 Å². The van der Waals surface area contributed by atoms with Crippen molar-refractivity contribution in [1.29, 1.82) is 0 Å². The van der Waals surface area contributed by atoms with Gasteiger partial charge in [-0.15, -0.1) is 24.0 Å². The van der Waals surface area contributed by atoms with E-state index in [0.717, 1.165) is 44.0 Å². The third kappa shape index (κ3) is 7.36. The minimum Gasteiger partial charge on any atom is -0.497 e. The fourth-order valence-corrected chi connectivity index (χ4v) is 2.16. The van der Waals surface area contributed by atoms with Gasteiger partial charge in [0.25, 0.3) is 0 Å². The maximum atomic E-state index is 5.95. The minimum absolute atomic E-state index is 0. The Morgan fingerprint density at radius 3 is 2.61 bits per heavy atom. The molecule has 0 unspecified atom stereocenters. The number of methoxy groups -OCH3 is 1. The highest BCUT2D eigenvalue weighted by Gasteiger charge is 2.11. The summed E-state index contributed by atoms with van der Waals surface area (Å²) in [6, 6.07) is 7.89. The highest BCUT2D eigenvalue weighted by Crippen LogP contribution is 2.11. The van der Waals surface area contributed by atoms with E-state index >= 15 is 0 Å². The van der Waals surface area contributed by atoms with Crippen LogP contribution in [0.25, 0.3) is 0 Å². The molecule has 1 heterocycles. The van der Waals surface area contributed by atoms with Crippen molar-refractivity contribution in [3.05, 3.63) is 29.8 Å². The van der Waals surface area contributed by atoms with Crippen LogP contribution in [0.2, 0.25) is 0 Å². The van der Waals surface area contributed by atoms with E-state index in [0.29, 0.717) is 25.7 Å². The number of benzene rings is 1. The van der Waals surface area contributed by atoms with Crippen molar-refractivity contribution in [3.63, 3.8) is 0 Å². The molecule has 2 N–H and O–H groups in total. The van der Waals surface area contributed by atoms with Crippen LogP contribution in [0.4, 0.5) is 0 Å². The van der Waals surface area contributed by atoms with Crippen LogP contribution >= 0.6 is 24.0 Å². The van der Waals surface area contributed by atoms with Gasteiger partial charge in [-0.25, -0.2) is 0 Å². The van der Waals surface area contributed by atoms with Crippen molar-refractivity contribution in [1.82, 2.24) is 4.90 Å². The molecule has 1 aliphatic rings. The summed E-state index contributed by atoms with van der Waals surface area (Å²) in [4.78, 5) is 6.44. The molecule has 130 valence electrons. The number of aliphatic imine (C=N–C) groups is 1. The lowest BCUT2D eigenvalue weighted by Crippen LogP contribution is -2.44. The molecule has 0 saturated carbocycles. The van der Waals surface area contributed by atoms with E-state index in [-0.39, 0.29) is 24.0 Å². The number of morpholine rings is 1. The standard InChI is InChI=1S/C16H25N3O3.HI/c1-20-15-5-3-14(4-6-15)13-22-10-2-7-18-16(17)19-8-11-21-12-9-19;/h3-6H,2,7-13H2,1H3,(H2,17,18);1H. The summed E-state index contributed by atoms with van der Waals surface area (Å²) in [6.45, 7) is 5.05. The highest BCUT2D eigenvalue weighted by molar-refractivity contribution is 14.0. The highest BCUT2D eigenvalue weighted by atomic mass is 127. The van der Waals surface area contributed by atoms with Crippen molar-refractivity contribution in [3.8, 4) is 5.75 Å². The van der Waals surface area contributed by atoms with Crippen LogP contribution in [0.3, 0.4) is 0 Å². The predicted molar refractivity (Wildman–Crippen MR) is 102 cm³/mol. The number of rotatable bonds is 7. The first-order valence-corrected chi connectivity index (χ1v) is 7.63. The largest absolute Gasteiger partial charge is 0.497 e. The first-order chi connectivity index (χ1) is 10.8. The maximum absolute atomic E-state index is 5.95. The molecule has 1 saturated heterocycles. The first kappa shape index (κ1) is 20.0. The van der Waals surface area contributed by atoms with E-state index in [1.54, 1.807) is 7.11 Å². The lowest BCUT2D eigenvalue weighted by Gasteiger charge is -2.27. The number of hydrogen-bond donors (Lipinski definition) is 1. The molecule has 0 amide bonds. The van der Waals surface area contributed by atoms with Crippen LogP contribution in [0, 0.1) is 0 Å². The van der Waals surface area contributed by atoms with Gasteiger partial charge in [0, 0.05) is 26.2 Å². The quantitative estimate of drug-likeness (QED) is 0.307. The van der Waals surface area contributed by atoms with Gasteiger partial charge in [0.2, 0.25) is 0 Å². The van der Waals surface area contributed by atoms with Gasteiger partial charge in [-0.05, 0) is 24.1 Å². The second-order valence-corrected chi connectivity index (χ2v) is 5.09. The first-order valence-electron chi connectivity index (χ1n) is 7.63. The smallest absolute Gasteiger partial charge is 0.191 e. The van der Waals surface area contributed by atoms with Crippen molar-refractivity contribution in [2.24, 2.45) is 10.7 Å². The van der Waals surface area contributed by atoms with Gasteiger partial charge in [0.05, 0.1) is 26.9 Å². The molecule has 7 heteroatoms. The van der Waals surface area contributed by atoms with Crippen LogP contribution in [-0.4, -0.2) is 57.4 Å². The Bertz CT molecular complexity index is 462. The van der Waals surface area contributed by atoms with E-state index < -0.39 is 0 Å². The number of hydrogen-bond acceptors (Lipinski definition) is 4. The molecular formula is C16H26IN3O3. The van der Waals surface area contributed by atoms with Gasteiger partial charge >= 0.3 is 0 Å². The molecule has 2 rings (SSSR count). The van der Waals surface area contributed by atoms with Crippen LogP contribution < -0.4 is 10.5 Å². The Hall–Kier alpha value is -1.06. The topological polar surface area (TPSA) is 69.3 Å². The molecule has 1 fully saturated rings. The molecular weight excluding hydrogens is 409 g/mol. The summed E-state index contributed by atoms with van der Waals surface area (Å²) < 4.78 is 16.0. The van der Waals surface area contributed by atoms with Crippen molar-refractivity contribution < 1.29 is 14.2 Å². The summed E-state index contributed by atoms with van der Waals surface area (Å²) in [6.07, 6.45) is 0.862. The normalized spacial score (nSPS) is 15.2. The van der Waals surface area contributed by atoms with Crippen molar-refractivity contribution in [2.75, 3.05) is 46.6 Å². The average molecular weight is 435 g/mol. The van der Waals surface area contributed by atoms with Gasteiger partial charge in [0.15, 0.2) is 5.96 Å². The number of guanidine groups is 1. The Morgan fingerprint density at radius 2 is 1.96 bits per heavy atom. The molecule has 1 aromatic carbocycles. The summed E-state index contributed by atoms with van der Waals surface area (Å²) in [7, 11) is 1.66. The average Bonchev–Trinajstić information content (AvgIpc) is 2.59.